The van der Waals surface area contributed by atoms with E-state index in [2.05, 4.69) is 30.6 Å². The Balaban J connectivity index is 1.03. The van der Waals surface area contributed by atoms with Gasteiger partial charge in [-0.3, -0.25) is 20.2 Å². The number of imidazole rings is 2. The van der Waals surface area contributed by atoms with E-state index in [-0.39, 0.29) is 42.0 Å². The number of hydrogen-bond acceptors (Lipinski definition) is 11. The van der Waals surface area contributed by atoms with Crippen LogP contribution in [0.3, 0.4) is 0 Å². The van der Waals surface area contributed by atoms with E-state index in [0.29, 0.717) is 75.3 Å². The van der Waals surface area contributed by atoms with Crippen LogP contribution in [0.25, 0.3) is 50.4 Å². The number of alkyl halides is 2. The highest BCUT2D eigenvalue weighted by atomic mass is 19.3. The lowest BCUT2D eigenvalue weighted by atomic mass is 10.0. The Kier molecular flexibility index (Phi) is 11.8. The lowest BCUT2D eigenvalue weighted by molar-refractivity contribution is -0.145. The number of likely N-dealkylation sites (tertiary alicyclic amines) is 1. The smallest absolute Gasteiger partial charge is 0.286 e. The third kappa shape index (κ3) is 7.99. The second-order valence-electron chi connectivity index (χ2n) is 16.5. The van der Waals surface area contributed by atoms with Crippen molar-refractivity contribution in [2.75, 3.05) is 27.3 Å². The molecule has 1 saturated heterocycles. The molecule has 3 aromatic heterocycles. The summed E-state index contributed by atoms with van der Waals surface area (Å²) < 4.78 is 63.9. The van der Waals surface area contributed by atoms with Crippen molar-refractivity contribution in [1.82, 2.24) is 44.9 Å². The third-order valence-electron chi connectivity index (χ3n) is 11.7. The molecule has 62 heavy (non-hydrogen) atoms. The van der Waals surface area contributed by atoms with Gasteiger partial charge < -0.3 is 48.8 Å². The van der Waals surface area contributed by atoms with Crippen LogP contribution in [0.2, 0.25) is 0 Å². The number of nitrogens with one attached hydrogen (secondary N) is 4. The molecule has 0 radical (unpaired) electrons. The van der Waals surface area contributed by atoms with Gasteiger partial charge in [-0.2, -0.15) is 8.78 Å². The first-order valence-electron chi connectivity index (χ1n) is 20.5. The molecule has 0 spiro atoms. The van der Waals surface area contributed by atoms with Gasteiger partial charge in [-0.25, -0.2) is 14.4 Å². The molecule has 5 aromatic rings. The Morgan fingerprint density at radius 3 is 2.26 bits per heavy atom. The number of aliphatic hydroxyl groups excluding tert-OH is 2. The van der Waals surface area contributed by atoms with Crippen molar-refractivity contribution < 1.29 is 47.2 Å². The SMILES string of the molecule is COC(O)N[C@H](C(=O)N1CC(F)(F)C=C1c1ncc(-c2ccc3c(c2)OCn2c-3c(F)c3cc(-c4cnc([C@@H]5CCCN5C(=O)[C@@H](NC(O)OC)C(C)C)[nH]4)ccc32)[nH]1)C(C)C. The van der Waals surface area contributed by atoms with Crippen LogP contribution in [-0.2, 0) is 25.8 Å². The predicted molar refractivity (Wildman–Crippen MR) is 221 cm³/mol. The van der Waals surface area contributed by atoms with Crippen LogP contribution in [0.5, 0.6) is 5.75 Å². The topological polar surface area (TPSA) is 195 Å². The van der Waals surface area contributed by atoms with E-state index in [1.54, 1.807) is 53.8 Å². The minimum absolute atomic E-state index is 0.0228. The predicted octanol–water partition coefficient (Wildman–Crippen LogP) is 5.13. The van der Waals surface area contributed by atoms with Crippen molar-refractivity contribution in [3.05, 3.63) is 72.3 Å². The zero-order chi connectivity index (χ0) is 44.2. The summed E-state index contributed by atoms with van der Waals surface area (Å²) in [6, 6.07) is 8.62. The first-order valence-corrected chi connectivity index (χ1v) is 20.5. The highest BCUT2D eigenvalue weighted by Crippen LogP contribution is 2.44. The van der Waals surface area contributed by atoms with E-state index >= 15 is 4.39 Å². The number of halogens is 3. The number of rotatable bonds is 14. The summed E-state index contributed by atoms with van der Waals surface area (Å²) in [5.74, 6) is -4.05. The van der Waals surface area contributed by atoms with Gasteiger partial charge in [0.25, 0.3) is 5.92 Å². The van der Waals surface area contributed by atoms with Gasteiger partial charge in [-0.15, -0.1) is 0 Å². The normalized spacial score (nSPS) is 19.1. The molecular formula is C43H50F3N9O7. The first kappa shape index (κ1) is 43.1. The molecular weight excluding hydrogens is 812 g/mol. The fourth-order valence-corrected chi connectivity index (χ4v) is 8.48. The van der Waals surface area contributed by atoms with E-state index in [1.165, 1.54) is 20.4 Å². The highest BCUT2D eigenvalue weighted by molar-refractivity contribution is 5.94. The molecule has 16 nitrogen and oxygen atoms in total. The molecule has 3 aliphatic rings. The molecule has 5 atom stereocenters. The summed E-state index contributed by atoms with van der Waals surface area (Å²) in [7, 11) is 2.59. The average molecular weight is 862 g/mol. The van der Waals surface area contributed by atoms with E-state index in [1.807, 2.05) is 26.0 Å². The standard InChI is InChI=1S/C43H50F3N9O7/c1-21(2)34(51-41(58)60-5)39(56)53-13-7-8-30(53)37-47-17-27(49-37)23-10-12-29-26(14-23)33(44)36-25-11-9-24(15-32(25)62-20-55(29)36)28-18-48-38(50-28)31-16-43(45,46)19-54(31)40(57)35(22(3)4)52-42(59)61-6/h9-12,14-18,21-22,30,34-35,41-42,51-52,58-59H,7-8,13,19-20H2,1-6H3,(H,47,49)(H,48,50)/t30-,34-,35-,41?,42?/m0/s1. The molecule has 6 heterocycles. The number of aliphatic hydroxyl groups is 2. The second kappa shape index (κ2) is 16.9. The number of methoxy groups -OCH3 is 2. The van der Waals surface area contributed by atoms with Gasteiger partial charge in [0.15, 0.2) is 18.4 Å². The minimum atomic E-state index is -3.32. The number of H-pyrrole nitrogens is 2. The summed E-state index contributed by atoms with van der Waals surface area (Å²) in [6.45, 7) is 6.89. The molecule has 6 N–H and O–H groups in total. The summed E-state index contributed by atoms with van der Waals surface area (Å²) in [5, 5.41) is 25.9. The first-order chi connectivity index (χ1) is 29.6. The van der Waals surface area contributed by atoms with Gasteiger partial charge in [-0.1, -0.05) is 39.8 Å². The molecule has 8 rings (SSSR count). The molecule has 330 valence electrons. The number of hydrogen-bond donors (Lipinski definition) is 6. The lowest BCUT2D eigenvalue weighted by Gasteiger charge is -2.31. The Morgan fingerprint density at radius 1 is 0.919 bits per heavy atom. The van der Waals surface area contributed by atoms with Crippen LogP contribution < -0.4 is 15.4 Å². The van der Waals surface area contributed by atoms with E-state index in [4.69, 9.17) is 14.2 Å². The lowest BCUT2D eigenvalue weighted by Crippen LogP contribution is -2.52. The average Bonchev–Trinajstić information content (AvgIpc) is 4.11. The number of carbonyl (C=O) groups excluding carboxylic acids is 2. The van der Waals surface area contributed by atoms with Gasteiger partial charge in [0.05, 0.1) is 65.4 Å². The molecule has 0 bridgehead atoms. The molecule has 19 heteroatoms. The zero-order valence-electron chi connectivity index (χ0n) is 35.1. The monoisotopic (exact) mass is 861 g/mol. The van der Waals surface area contributed by atoms with E-state index in [9.17, 15) is 28.6 Å². The molecule has 0 saturated carbocycles. The molecule has 2 amide bonds. The summed E-state index contributed by atoms with van der Waals surface area (Å²) >= 11 is 0. The zero-order valence-corrected chi connectivity index (χ0v) is 35.1. The Morgan fingerprint density at radius 2 is 1.56 bits per heavy atom. The Bertz CT molecular complexity index is 2520. The Labute approximate surface area is 355 Å². The largest absolute Gasteiger partial charge is 0.472 e. The number of amides is 2. The highest BCUT2D eigenvalue weighted by Gasteiger charge is 2.45. The van der Waals surface area contributed by atoms with Crippen molar-refractivity contribution in [3.8, 4) is 39.5 Å². The Hall–Kier alpha value is -5.57. The number of aromatic nitrogens is 5. The molecule has 2 aromatic carbocycles. The van der Waals surface area contributed by atoms with Crippen LogP contribution >= 0.6 is 0 Å². The maximum absolute atomic E-state index is 16.6. The van der Waals surface area contributed by atoms with E-state index < -0.39 is 49.1 Å². The van der Waals surface area contributed by atoms with Crippen LogP contribution in [-0.4, -0.2) is 114 Å². The second-order valence-corrected chi connectivity index (χ2v) is 16.5. The molecule has 0 aliphatic carbocycles. The maximum Gasteiger partial charge on any atom is 0.286 e. The van der Waals surface area contributed by atoms with Crippen LogP contribution in [0.4, 0.5) is 13.2 Å². The summed E-state index contributed by atoms with van der Waals surface area (Å²) in [5.41, 5.74) is 3.76. The van der Waals surface area contributed by atoms with Gasteiger partial charge in [0.2, 0.25) is 24.6 Å². The van der Waals surface area contributed by atoms with Gasteiger partial charge in [0, 0.05) is 48.9 Å². The molecule has 2 unspecified atom stereocenters. The van der Waals surface area contributed by atoms with E-state index in [0.717, 1.165) is 11.3 Å². The van der Waals surface area contributed by atoms with Crippen molar-refractivity contribution in [2.45, 2.75) is 84.1 Å². The maximum atomic E-state index is 16.6. The number of aromatic amines is 2. The van der Waals surface area contributed by atoms with Gasteiger partial charge in [0.1, 0.15) is 11.6 Å². The molecule has 1 fully saturated rings. The van der Waals surface area contributed by atoms with Crippen LogP contribution in [0.15, 0.2) is 54.9 Å². The van der Waals surface area contributed by atoms with Crippen molar-refractivity contribution in [2.24, 2.45) is 11.8 Å². The number of carbonyl (C=O) groups is 2. The van der Waals surface area contributed by atoms with Crippen molar-refractivity contribution >= 4 is 28.4 Å². The quantitative estimate of drug-likeness (QED) is 0.0811. The molecule has 3 aliphatic heterocycles. The number of benzene rings is 2. The summed E-state index contributed by atoms with van der Waals surface area (Å²) in [4.78, 5) is 45.4. The fraction of sp³-hybridized carbons (Fsp3) is 0.442. The number of nitrogens with zero attached hydrogens (tertiary/aromatic N) is 5. The minimum Gasteiger partial charge on any atom is -0.472 e. The van der Waals surface area contributed by atoms with Gasteiger partial charge >= 0.3 is 0 Å². The van der Waals surface area contributed by atoms with Crippen molar-refractivity contribution in [1.29, 1.82) is 0 Å². The van der Waals surface area contributed by atoms with Crippen LogP contribution in [0.1, 0.15) is 58.2 Å². The third-order valence-corrected chi connectivity index (χ3v) is 11.7. The fourth-order valence-electron chi connectivity index (χ4n) is 8.48. The number of ether oxygens (including phenoxy) is 3. The van der Waals surface area contributed by atoms with Crippen molar-refractivity contribution in [3.63, 3.8) is 0 Å². The van der Waals surface area contributed by atoms with Gasteiger partial charge in [-0.05, 0) is 48.9 Å². The van der Waals surface area contributed by atoms with Crippen LogP contribution in [0, 0.1) is 17.7 Å². The number of fused-ring (bicyclic) bond motifs is 5. The summed E-state index contributed by atoms with van der Waals surface area (Å²) in [6.07, 6.45) is 2.55.